The van der Waals surface area contributed by atoms with Crippen molar-refractivity contribution in [3.8, 4) is 0 Å². The van der Waals surface area contributed by atoms with Crippen molar-refractivity contribution in [1.29, 1.82) is 0 Å². The lowest BCUT2D eigenvalue weighted by molar-refractivity contribution is -0.133. The molecule has 0 bridgehead atoms. The van der Waals surface area contributed by atoms with Crippen molar-refractivity contribution in [3.63, 3.8) is 0 Å². The molecule has 33 heavy (non-hydrogen) atoms. The fourth-order valence-electron chi connectivity index (χ4n) is 3.76. The average Bonchev–Trinajstić information content (AvgIpc) is 3.44. The number of hydrogen-bond acceptors (Lipinski definition) is 3. The molecule has 0 radical (unpaired) electrons. The van der Waals surface area contributed by atoms with Crippen LogP contribution >= 0.6 is 0 Å². The minimum atomic E-state index is -0.123. The highest BCUT2D eigenvalue weighted by Gasteiger charge is 2.24. The summed E-state index contributed by atoms with van der Waals surface area (Å²) in [5, 5.41) is 0. The summed E-state index contributed by atoms with van der Waals surface area (Å²) in [4.78, 5) is 30.1. The van der Waals surface area contributed by atoms with Crippen LogP contribution in [-0.2, 0) is 30.3 Å². The minimum Gasteiger partial charge on any atom is -0.467 e. The molecule has 0 aliphatic carbocycles. The van der Waals surface area contributed by atoms with Gasteiger partial charge in [0.25, 0.3) is 5.91 Å². The Labute approximate surface area is 196 Å². The molecule has 6 nitrogen and oxygen atoms in total. The first-order valence-electron chi connectivity index (χ1n) is 11.5. The van der Waals surface area contributed by atoms with Gasteiger partial charge in [0, 0.05) is 31.0 Å². The number of hydrogen-bond donors (Lipinski definition) is 0. The van der Waals surface area contributed by atoms with Gasteiger partial charge in [-0.15, -0.1) is 0 Å². The highest BCUT2D eigenvalue weighted by atomic mass is 16.3. The van der Waals surface area contributed by atoms with Crippen LogP contribution in [0.2, 0.25) is 0 Å². The van der Waals surface area contributed by atoms with Crippen LogP contribution in [0, 0.1) is 0 Å². The third-order valence-corrected chi connectivity index (χ3v) is 5.79. The molecule has 0 N–H and O–H groups in total. The summed E-state index contributed by atoms with van der Waals surface area (Å²) in [6, 6.07) is 15.3. The van der Waals surface area contributed by atoms with E-state index in [1.165, 1.54) is 5.56 Å². The first-order chi connectivity index (χ1) is 15.7. The predicted octanol–water partition coefficient (Wildman–Crippen LogP) is 5.00. The van der Waals surface area contributed by atoms with Gasteiger partial charge in [0.15, 0.2) is 0 Å². The number of nitrogens with zero attached hydrogens (tertiary/aromatic N) is 3. The van der Waals surface area contributed by atoms with Crippen LogP contribution in [-0.4, -0.2) is 39.3 Å². The number of rotatable bonds is 9. The summed E-state index contributed by atoms with van der Waals surface area (Å²) in [5.74, 6) is 0.479. The molecule has 6 heteroatoms. The zero-order chi connectivity index (χ0) is 24.0. The molecule has 0 atom stereocenters. The Hall–Kier alpha value is -3.28. The van der Waals surface area contributed by atoms with Crippen molar-refractivity contribution < 1.29 is 14.0 Å². The SMILES string of the molecule is CCCN(CC(=O)N(Cc1ccco1)Cc1cccn1C)C(=O)c1ccc(C(C)(C)C)cc1. The van der Waals surface area contributed by atoms with E-state index in [1.807, 2.05) is 73.3 Å². The van der Waals surface area contributed by atoms with Gasteiger partial charge in [-0.25, -0.2) is 0 Å². The van der Waals surface area contributed by atoms with E-state index < -0.39 is 0 Å². The van der Waals surface area contributed by atoms with Crippen molar-refractivity contribution in [2.45, 2.75) is 52.6 Å². The van der Waals surface area contributed by atoms with Crippen molar-refractivity contribution in [3.05, 3.63) is 83.6 Å². The molecule has 0 fully saturated rings. The summed E-state index contributed by atoms with van der Waals surface area (Å²) >= 11 is 0. The topological polar surface area (TPSA) is 58.7 Å². The smallest absolute Gasteiger partial charge is 0.254 e. The Morgan fingerprint density at radius 2 is 1.70 bits per heavy atom. The summed E-state index contributed by atoms with van der Waals surface area (Å²) in [5.41, 5.74) is 2.80. The summed E-state index contributed by atoms with van der Waals surface area (Å²) in [6.45, 7) is 9.79. The summed E-state index contributed by atoms with van der Waals surface area (Å²) in [7, 11) is 1.96. The van der Waals surface area contributed by atoms with Gasteiger partial charge >= 0.3 is 0 Å². The molecule has 1 aromatic carbocycles. The first-order valence-corrected chi connectivity index (χ1v) is 11.5. The Morgan fingerprint density at radius 3 is 2.24 bits per heavy atom. The monoisotopic (exact) mass is 449 g/mol. The second kappa shape index (κ2) is 10.6. The van der Waals surface area contributed by atoms with Gasteiger partial charge in [-0.05, 0) is 53.8 Å². The van der Waals surface area contributed by atoms with Gasteiger partial charge < -0.3 is 18.8 Å². The lowest BCUT2D eigenvalue weighted by Gasteiger charge is -2.27. The predicted molar refractivity (Wildman–Crippen MR) is 130 cm³/mol. The van der Waals surface area contributed by atoms with Crippen LogP contribution < -0.4 is 0 Å². The Balaban J connectivity index is 1.77. The van der Waals surface area contributed by atoms with E-state index in [1.54, 1.807) is 16.1 Å². The Kier molecular flexibility index (Phi) is 7.79. The second-order valence-electron chi connectivity index (χ2n) is 9.49. The second-order valence-corrected chi connectivity index (χ2v) is 9.49. The maximum Gasteiger partial charge on any atom is 0.254 e. The molecule has 0 spiro atoms. The van der Waals surface area contributed by atoms with E-state index >= 15 is 0 Å². The van der Waals surface area contributed by atoms with Crippen LogP contribution in [0.3, 0.4) is 0 Å². The van der Waals surface area contributed by atoms with E-state index in [0.717, 1.165) is 12.1 Å². The number of amides is 2. The lowest BCUT2D eigenvalue weighted by Crippen LogP contribution is -2.43. The third kappa shape index (κ3) is 6.37. The van der Waals surface area contributed by atoms with E-state index in [-0.39, 0.29) is 23.8 Å². The van der Waals surface area contributed by atoms with Gasteiger partial charge in [0.05, 0.1) is 19.4 Å². The van der Waals surface area contributed by atoms with Crippen LogP contribution in [0.5, 0.6) is 0 Å². The van der Waals surface area contributed by atoms with E-state index in [9.17, 15) is 9.59 Å². The van der Waals surface area contributed by atoms with Crippen molar-refractivity contribution in [1.82, 2.24) is 14.4 Å². The molecule has 176 valence electrons. The molecule has 3 aromatic rings. The lowest BCUT2D eigenvalue weighted by atomic mass is 9.86. The minimum absolute atomic E-state index is 0.0178. The van der Waals surface area contributed by atoms with Gasteiger partial charge in [-0.3, -0.25) is 9.59 Å². The van der Waals surface area contributed by atoms with Gasteiger partial charge in [0.2, 0.25) is 5.91 Å². The number of aromatic nitrogens is 1. The average molecular weight is 450 g/mol. The number of benzene rings is 1. The quantitative estimate of drug-likeness (QED) is 0.462. The number of aryl methyl sites for hydroxylation is 1. The molecular weight excluding hydrogens is 414 g/mol. The maximum absolute atomic E-state index is 13.4. The van der Waals surface area contributed by atoms with Crippen molar-refractivity contribution in [2.75, 3.05) is 13.1 Å². The largest absolute Gasteiger partial charge is 0.467 e. The highest BCUT2D eigenvalue weighted by molar-refractivity contribution is 5.96. The molecule has 0 saturated heterocycles. The standard InChI is InChI=1S/C27H35N3O3/c1-6-15-29(26(32)21-11-13-22(14-12-21)27(2,3)4)20-25(31)30(19-24-10-8-17-33-24)18-23-9-7-16-28(23)5/h7-14,16-17H,6,15,18-20H2,1-5H3. The molecular formula is C27H35N3O3. The molecule has 0 aliphatic rings. The van der Waals surface area contributed by atoms with Gasteiger partial charge in [-0.2, -0.15) is 0 Å². The Morgan fingerprint density at radius 1 is 0.970 bits per heavy atom. The highest BCUT2D eigenvalue weighted by Crippen LogP contribution is 2.22. The fraction of sp³-hybridized carbons (Fsp3) is 0.407. The maximum atomic E-state index is 13.4. The molecule has 0 aliphatic heterocycles. The van der Waals surface area contributed by atoms with Crippen LogP contribution in [0.15, 0.2) is 65.4 Å². The number of carbonyl (C=O) groups excluding carboxylic acids is 2. The fourth-order valence-corrected chi connectivity index (χ4v) is 3.76. The molecule has 2 amide bonds. The Bertz CT molecular complexity index is 1040. The molecule has 2 aromatic heterocycles. The van der Waals surface area contributed by atoms with Crippen LogP contribution in [0.4, 0.5) is 0 Å². The zero-order valence-electron chi connectivity index (χ0n) is 20.4. The summed E-state index contributed by atoms with van der Waals surface area (Å²) in [6.07, 6.45) is 4.34. The van der Waals surface area contributed by atoms with Crippen LogP contribution in [0.25, 0.3) is 0 Å². The molecule has 2 heterocycles. The first kappa shape index (κ1) is 24.4. The van der Waals surface area contributed by atoms with Crippen molar-refractivity contribution >= 4 is 11.8 Å². The molecule has 0 unspecified atom stereocenters. The van der Waals surface area contributed by atoms with Crippen molar-refractivity contribution in [2.24, 2.45) is 7.05 Å². The van der Waals surface area contributed by atoms with Crippen LogP contribution in [0.1, 0.15) is 61.5 Å². The van der Waals surface area contributed by atoms with E-state index in [4.69, 9.17) is 4.42 Å². The molecule has 3 rings (SSSR count). The van der Waals surface area contributed by atoms with E-state index in [2.05, 4.69) is 20.8 Å². The third-order valence-electron chi connectivity index (χ3n) is 5.79. The van der Waals surface area contributed by atoms with Gasteiger partial charge in [0.1, 0.15) is 12.3 Å². The normalized spacial score (nSPS) is 11.4. The zero-order valence-corrected chi connectivity index (χ0v) is 20.4. The summed E-state index contributed by atoms with van der Waals surface area (Å²) < 4.78 is 7.48. The number of furan rings is 1. The number of carbonyl (C=O) groups is 2. The molecule has 0 saturated carbocycles. The van der Waals surface area contributed by atoms with E-state index in [0.29, 0.717) is 31.0 Å². The van der Waals surface area contributed by atoms with Gasteiger partial charge in [-0.1, -0.05) is 39.8 Å².